The van der Waals surface area contributed by atoms with E-state index in [1.807, 2.05) is 55.5 Å². The predicted molar refractivity (Wildman–Crippen MR) is 103 cm³/mol. The Balaban J connectivity index is 1.60. The number of halogens is 1. The van der Waals surface area contributed by atoms with E-state index in [0.717, 1.165) is 16.7 Å². The molecule has 1 aromatic heterocycles. The average molecular weight is 367 g/mol. The van der Waals surface area contributed by atoms with E-state index in [2.05, 4.69) is 20.6 Å². The Morgan fingerprint density at radius 1 is 1.04 bits per heavy atom. The molecule has 1 amide bonds. The highest BCUT2D eigenvalue weighted by Crippen LogP contribution is 2.11. The summed E-state index contributed by atoms with van der Waals surface area (Å²) in [6, 6.07) is 17.0. The van der Waals surface area contributed by atoms with Crippen LogP contribution in [0.2, 0.25) is 5.02 Å². The monoisotopic (exact) mass is 366 g/mol. The standard InChI is InChI=1S/C20H19ClN4O/c1-14-4-2-3-5-16(14)13-23-19(26)18-10-11-22-20(25-18)24-12-15-6-8-17(21)9-7-15/h2-11H,12-13H2,1H3,(H,23,26)(H,22,24,25). The number of amides is 1. The van der Waals surface area contributed by atoms with Crippen LogP contribution in [0.3, 0.4) is 0 Å². The molecule has 0 fully saturated rings. The summed E-state index contributed by atoms with van der Waals surface area (Å²) in [7, 11) is 0. The first-order valence-corrected chi connectivity index (χ1v) is 8.64. The van der Waals surface area contributed by atoms with Crippen LogP contribution >= 0.6 is 11.6 Å². The lowest BCUT2D eigenvalue weighted by Crippen LogP contribution is -2.24. The summed E-state index contributed by atoms with van der Waals surface area (Å²) in [5.41, 5.74) is 3.59. The van der Waals surface area contributed by atoms with Crippen molar-refractivity contribution in [1.29, 1.82) is 0 Å². The number of carbonyl (C=O) groups is 1. The first-order valence-electron chi connectivity index (χ1n) is 8.26. The van der Waals surface area contributed by atoms with Gasteiger partial charge < -0.3 is 10.6 Å². The minimum Gasteiger partial charge on any atom is -0.350 e. The molecule has 3 rings (SSSR count). The van der Waals surface area contributed by atoms with Crippen LogP contribution in [0.4, 0.5) is 5.95 Å². The molecule has 2 aromatic carbocycles. The van der Waals surface area contributed by atoms with Crippen LogP contribution in [0.1, 0.15) is 27.2 Å². The molecule has 0 atom stereocenters. The fraction of sp³-hybridized carbons (Fsp3) is 0.150. The van der Waals surface area contributed by atoms with Gasteiger partial charge in [0.15, 0.2) is 0 Å². The van der Waals surface area contributed by atoms with Crippen molar-refractivity contribution in [3.8, 4) is 0 Å². The number of anilines is 1. The Morgan fingerprint density at radius 3 is 2.58 bits per heavy atom. The Hall–Kier alpha value is -2.92. The third kappa shape index (κ3) is 4.80. The van der Waals surface area contributed by atoms with Gasteiger partial charge in [-0.15, -0.1) is 0 Å². The Morgan fingerprint density at radius 2 is 1.81 bits per heavy atom. The zero-order valence-electron chi connectivity index (χ0n) is 14.4. The zero-order valence-corrected chi connectivity index (χ0v) is 15.1. The minimum atomic E-state index is -0.231. The van der Waals surface area contributed by atoms with E-state index in [1.165, 1.54) is 0 Å². The number of hydrogen-bond acceptors (Lipinski definition) is 4. The van der Waals surface area contributed by atoms with Crippen molar-refractivity contribution in [2.75, 3.05) is 5.32 Å². The molecule has 0 saturated heterocycles. The van der Waals surface area contributed by atoms with E-state index in [4.69, 9.17) is 11.6 Å². The molecule has 0 aliphatic carbocycles. The number of aryl methyl sites for hydroxylation is 1. The molecule has 132 valence electrons. The highest BCUT2D eigenvalue weighted by atomic mass is 35.5. The molecule has 0 aliphatic heterocycles. The maximum atomic E-state index is 12.3. The second-order valence-corrected chi connectivity index (χ2v) is 6.29. The normalized spacial score (nSPS) is 10.4. The summed E-state index contributed by atoms with van der Waals surface area (Å²) < 4.78 is 0. The quantitative estimate of drug-likeness (QED) is 0.692. The molecule has 6 heteroatoms. The van der Waals surface area contributed by atoms with Crippen LogP contribution in [0.5, 0.6) is 0 Å². The molecule has 0 spiro atoms. The zero-order chi connectivity index (χ0) is 18.4. The Kier molecular flexibility index (Phi) is 5.81. The molecule has 26 heavy (non-hydrogen) atoms. The second-order valence-electron chi connectivity index (χ2n) is 5.85. The van der Waals surface area contributed by atoms with Crippen LogP contribution in [-0.2, 0) is 13.1 Å². The van der Waals surface area contributed by atoms with E-state index in [-0.39, 0.29) is 5.91 Å². The molecule has 3 aromatic rings. The lowest BCUT2D eigenvalue weighted by Gasteiger charge is -2.09. The highest BCUT2D eigenvalue weighted by molar-refractivity contribution is 6.30. The summed E-state index contributed by atoms with van der Waals surface area (Å²) in [6.45, 7) is 3.03. The van der Waals surface area contributed by atoms with Crippen LogP contribution in [0, 0.1) is 6.92 Å². The van der Waals surface area contributed by atoms with Crippen LogP contribution in [0.15, 0.2) is 60.8 Å². The smallest absolute Gasteiger partial charge is 0.270 e. The number of nitrogens with zero attached hydrogens (tertiary/aromatic N) is 2. The van der Waals surface area contributed by atoms with Gasteiger partial charge in [-0.1, -0.05) is 48.0 Å². The lowest BCUT2D eigenvalue weighted by atomic mass is 10.1. The van der Waals surface area contributed by atoms with Gasteiger partial charge in [0.1, 0.15) is 5.69 Å². The van der Waals surface area contributed by atoms with Crippen molar-refractivity contribution in [1.82, 2.24) is 15.3 Å². The van der Waals surface area contributed by atoms with E-state index in [9.17, 15) is 4.79 Å². The van der Waals surface area contributed by atoms with Crippen molar-refractivity contribution < 1.29 is 4.79 Å². The number of hydrogen-bond donors (Lipinski definition) is 2. The number of rotatable bonds is 6. The van der Waals surface area contributed by atoms with Gasteiger partial charge in [-0.2, -0.15) is 0 Å². The van der Waals surface area contributed by atoms with Gasteiger partial charge in [-0.05, 0) is 41.8 Å². The van der Waals surface area contributed by atoms with Crippen molar-refractivity contribution in [2.45, 2.75) is 20.0 Å². The largest absolute Gasteiger partial charge is 0.350 e. The molecule has 0 radical (unpaired) electrons. The summed E-state index contributed by atoms with van der Waals surface area (Å²) >= 11 is 5.88. The maximum absolute atomic E-state index is 12.3. The highest BCUT2D eigenvalue weighted by Gasteiger charge is 2.09. The third-order valence-corrected chi connectivity index (χ3v) is 4.20. The molecule has 5 nitrogen and oxygen atoms in total. The number of nitrogens with one attached hydrogen (secondary N) is 2. The van der Waals surface area contributed by atoms with Gasteiger partial charge in [-0.3, -0.25) is 4.79 Å². The molecular weight excluding hydrogens is 348 g/mol. The number of carbonyl (C=O) groups excluding carboxylic acids is 1. The fourth-order valence-electron chi connectivity index (χ4n) is 2.43. The van der Waals surface area contributed by atoms with E-state index in [0.29, 0.717) is 29.8 Å². The van der Waals surface area contributed by atoms with Gasteiger partial charge in [0, 0.05) is 24.3 Å². The van der Waals surface area contributed by atoms with Crippen molar-refractivity contribution in [3.05, 3.63) is 88.2 Å². The van der Waals surface area contributed by atoms with Crippen molar-refractivity contribution in [3.63, 3.8) is 0 Å². The molecule has 2 N–H and O–H groups in total. The summed E-state index contributed by atoms with van der Waals surface area (Å²) in [5.74, 6) is 0.175. The van der Waals surface area contributed by atoms with Gasteiger partial charge >= 0.3 is 0 Å². The summed E-state index contributed by atoms with van der Waals surface area (Å²) in [5, 5.41) is 6.70. The molecule has 1 heterocycles. The molecule has 0 unspecified atom stereocenters. The van der Waals surface area contributed by atoms with Gasteiger partial charge in [-0.25, -0.2) is 9.97 Å². The predicted octanol–water partition coefficient (Wildman–Crippen LogP) is 3.98. The SMILES string of the molecule is Cc1ccccc1CNC(=O)c1ccnc(NCc2ccc(Cl)cc2)n1. The fourth-order valence-corrected chi connectivity index (χ4v) is 2.55. The molecule has 0 saturated carbocycles. The van der Waals surface area contributed by atoms with E-state index in [1.54, 1.807) is 12.3 Å². The van der Waals surface area contributed by atoms with Crippen LogP contribution in [0.25, 0.3) is 0 Å². The number of benzene rings is 2. The van der Waals surface area contributed by atoms with E-state index >= 15 is 0 Å². The molecular formula is C20H19ClN4O. The molecule has 0 aliphatic rings. The number of aromatic nitrogens is 2. The van der Waals surface area contributed by atoms with Crippen LogP contribution < -0.4 is 10.6 Å². The van der Waals surface area contributed by atoms with Crippen LogP contribution in [-0.4, -0.2) is 15.9 Å². The Bertz CT molecular complexity index is 896. The Labute approximate surface area is 157 Å². The second kappa shape index (κ2) is 8.45. The maximum Gasteiger partial charge on any atom is 0.270 e. The molecule has 0 bridgehead atoms. The summed E-state index contributed by atoms with van der Waals surface area (Å²) in [4.78, 5) is 20.8. The van der Waals surface area contributed by atoms with Crippen molar-refractivity contribution in [2.24, 2.45) is 0 Å². The topological polar surface area (TPSA) is 66.9 Å². The first kappa shape index (κ1) is 17.9. The lowest BCUT2D eigenvalue weighted by molar-refractivity contribution is 0.0946. The van der Waals surface area contributed by atoms with Gasteiger partial charge in [0.2, 0.25) is 5.95 Å². The minimum absolute atomic E-state index is 0.231. The van der Waals surface area contributed by atoms with Crippen molar-refractivity contribution >= 4 is 23.5 Å². The van der Waals surface area contributed by atoms with E-state index < -0.39 is 0 Å². The first-order chi connectivity index (χ1) is 12.6. The van der Waals surface area contributed by atoms with Gasteiger partial charge in [0.05, 0.1) is 0 Å². The summed E-state index contributed by atoms with van der Waals surface area (Å²) in [6.07, 6.45) is 1.57. The third-order valence-electron chi connectivity index (χ3n) is 3.95. The van der Waals surface area contributed by atoms with Gasteiger partial charge in [0.25, 0.3) is 5.91 Å². The average Bonchev–Trinajstić information content (AvgIpc) is 2.67.